The number of hydrogen-bond donors (Lipinski definition) is 4. The predicted octanol–water partition coefficient (Wildman–Crippen LogP) is 3.85. The highest BCUT2D eigenvalue weighted by Crippen LogP contribution is 2.30. The van der Waals surface area contributed by atoms with Crippen LogP contribution in [0.25, 0.3) is 11.0 Å². The van der Waals surface area contributed by atoms with Crippen LogP contribution in [0.5, 0.6) is 0 Å². The number of benzene rings is 1. The normalized spacial score (nSPS) is 11.4. The number of H-pyrrole nitrogens is 1. The third-order valence-corrected chi connectivity index (χ3v) is 3.66. The van der Waals surface area contributed by atoms with E-state index in [2.05, 4.69) is 20.6 Å². The number of alkyl halides is 3. The Hall–Kier alpha value is -3.56. The first-order valence-electron chi connectivity index (χ1n) is 7.65. The van der Waals surface area contributed by atoms with Crippen molar-refractivity contribution in [3.63, 3.8) is 0 Å². The van der Waals surface area contributed by atoms with E-state index in [-0.39, 0.29) is 12.1 Å². The number of urea groups is 1. The summed E-state index contributed by atoms with van der Waals surface area (Å²) in [6, 6.07) is 4.93. The highest BCUT2D eigenvalue weighted by molar-refractivity contribution is 6.05. The van der Waals surface area contributed by atoms with E-state index < -0.39 is 23.7 Å². The molecule has 0 atom stereocenters. The Bertz CT molecular complexity index is 997. The lowest BCUT2D eigenvalue weighted by Crippen LogP contribution is -2.19. The fourth-order valence-corrected chi connectivity index (χ4v) is 2.45. The molecule has 2 aromatic heterocycles. The number of carboxylic acids is 1. The number of pyridine rings is 1. The number of aromatic nitrogens is 2. The van der Waals surface area contributed by atoms with Gasteiger partial charge in [-0.25, -0.2) is 9.78 Å². The Kier molecular flexibility index (Phi) is 4.72. The van der Waals surface area contributed by atoms with Crippen LogP contribution in [0.2, 0.25) is 0 Å². The number of carbonyl (C=O) groups excluding carboxylic acids is 1. The van der Waals surface area contributed by atoms with Gasteiger partial charge in [-0.15, -0.1) is 0 Å². The molecule has 2 heterocycles. The third-order valence-electron chi connectivity index (χ3n) is 3.66. The number of hydrogen-bond acceptors (Lipinski definition) is 3. The quantitative estimate of drug-likeness (QED) is 0.553. The standard InChI is InChI=1S/C17H13F3N4O3/c18-17(19,20)10-1-3-11(4-2-10)23-16(27)24-13-8-22-15-12(13)5-9(7-21-15)6-14(25)26/h1-5,7-8H,6H2,(H,21,22)(H,25,26)(H2,23,24,27). The van der Waals surface area contributed by atoms with Crippen molar-refractivity contribution < 1.29 is 27.9 Å². The van der Waals surface area contributed by atoms with Crippen molar-refractivity contribution in [2.24, 2.45) is 0 Å². The van der Waals surface area contributed by atoms with Gasteiger partial charge < -0.3 is 20.7 Å². The number of amides is 2. The first kappa shape index (κ1) is 18.2. The Morgan fingerprint density at radius 1 is 1.15 bits per heavy atom. The Morgan fingerprint density at radius 2 is 1.85 bits per heavy atom. The second kappa shape index (κ2) is 6.98. The van der Waals surface area contributed by atoms with Crippen molar-refractivity contribution in [2.45, 2.75) is 12.6 Å². The number of rotatable bonds is 4. The molecule has 0 radical (unpaired) electrons. The van der Waals surface area contributed by atoms with Gasteiger partial charge in [0.15, 0.2) is 0 Å². The molecule has 0 bridgehead atoms. The lowest BCUT2D eigenvalue weighted by Gasteiger charge is -2.09. The van der Waals surface area contributed by atoms with Crippen LogP contribution in [0.15, 0.2) is 42.7 Å². The molecule has 0 spiro atoms. The monoisotopic (exact) mass is 378 g/mol. The smallest absolute Gasteiger partial charge is 0.416 e. The summed E-state index contributed by atoms with van der Waals surface area (Å²) < 4.78 is 37.6. The van der Waals surface area contributed by atoms with Crippen LogP contribution in [0.3, 0.4) is 0 Å². The maximum absolute atomic E-state index is 12.5. The maximum Gasteiger partial charge on any atom is 0.416 e. The van der Waals surface area contributed by atoms with Gasteiger partial charge in [0.05, 0.1) is 17.7 Å². The fraction of sp³-hybridized carbons (Fsp3) is 0.118. The number of aromatic amines is 1. The molecule has 7 nitrogen and oxygen atoms in total. The minimum absolute atomic E-state index is 0.185. The van der Waals surface area contributed by atoms with Crippen LogP contribution in [0.1, 0.15) is 11.1 Å². The highest BCUT2D eigenvalue weighted by atomic mass is 19.4. The van der Waals surface area contributed by atoms with E-state index in [1.54, 1.807) is 6.07 Å². The molecule has 10 heteroatoms. The summed E-state index contributed by atoms with van der Waals surface area (Å²) in [5.41, 5.74) is 0.635. The van der Waals surface area contributed by atoms with Crippen LogP contribution < -0.4 is 10.6 Å². The van der Waals surface area contributed by atoms with E-state index in [9.17, 15) is 22.8 Å². The van der Waals surface area contributed by atoms with E-state index in [0.717, 1.165) is 24.3 Å². The first-order valence-corrected chi connectivity index (χ1v) is 7.65. The lowest BCUT2D eigenvalue weighted by atomic mass is 10.1. The molecule has 3 aromatic rings. The molecule has 0 fully saturated rings. The Labute approximate surface area is 150 Å². The van der Waals surface area contributed by atoms with Crippen molar-refractivity contribution >= 4 is 34.4 Å². The van der Waals surface area contributed by atoms with Gasteiger partial charge in [0.2, 0.25) is 0 Å². The van der Waals surface area contributed by atoms with Crippen molar-refractivity contribution in [1.82, 2.24) is 9.97 Å². The van der Waals surface area contributed by atoms with E-state index in [4.69, 9.17) is 5.11 Å². The molecule has 140 valence electrons. The van der Waals surface area contributed by atoms with Gasteiger partial charge in [-0.05, 0) is 35.9 Å². The summed E-state index contributed by atoms with van der Waals surface area (Å²) in [7, 11) is 0. The van der Waals surface area contributed by atoms with Crippen molar-refractivity contribution in [3.8, 4) is 0 Å². The zero-order chi connectivity index (χ0) is 19.6. The second-order valence-electron chi connectivity index (χ2n) is 5.67. The van der Waals surface area contributed by atoms with E-state index in [1.807, 2.05) is 0 Å². The average Bonchev–Trinajstić information content (AvgIpc) is 2.96. The number of anilines is 2. The van der Waals surface area contributed by atoms with E-state index in [1.165, 1.54) is 12.4 Å². The number of nitrogens with zero attached hydrogens (tertiary/aromatic N) is 1. The molecular formula is C17H13F3N4O3. The largest absolute Gasteiger partial charge is 0.481 e. The summed E-state index contributed by atoms with van der Waals surface area (Å²) in [5, 5.41) is 14.3. The van der Waals surface area contributed by atoms with E-state index in [0.29, 0.717) is 22.3 Å². The SMILES string of the molecule is O=C(O)Cc1cnc2[nH]cc(NC(=O)Nc3ccc(C(F)(F)F)cc3)c2c1. The molecule has 0 unspecified atom stereocenters. The van der Waals surface area contributed by atoms with Gasteiger partial charge in [0.1, 0.15) is 5.65 Å². The van der Waals surface area contributed by atoms with Gasteiger partial charge in [0, 0.05) is 23.5 Å². The number of halogens is 3. The Balaban J connectivity index is 1.73. The van der Waals surface area contributed by atoms with Crippen molar-refractivity contribution in [1.29, 1.82) is 0 Å². The van der Waals surface area contributed by atoms with Gasteiger partial charge in [0.25, 0.3) is 0 Å². The molecule has 27 heavy (non-hydrogen) atoms. The van der Waals surface area contributed by atoms with Crippen molar-refractivity contribution in [2.75, 3.05) is 10.6 Å². The molecule has 0 saturated heterocycles. The zero-order valence-electron chi connectivity index (χ0n) is 13.6. The van der Waals surface area contributed by atoms with Crippen LogP contribution in [-0.2, 0) is 17.4 Å². The van der Waals surface area contributed by atoms with Gasteiger partial charge in [-0.3, -0.25) is 4.79 Å². The molecule has 4 N–H and O–H groups in total. The predicted molar refractivity (Wildman–Crippen MR) is 91.5 cm³/mol. The van der Waals surface area contributed by atoms with Gasteiger partial charge >= 0.3 is 18.2 Å². The van der Waals surface area contributed by atoms with Crippen molar-refractivity contribution in [3.05, 3.63) is 53.9 Å². The molecular weight excluding hydrogens is 365 g/mol. The zero-order valence-corrected chi connectivity index (χ0v) is 13.6. The highest BCUT2D eigenvalue weighted by Gasteiger charge is 2.30. The fourth-order valence-electron chi connectivity index (χ4n) is 2.45. The number of fused-ring (bicyclic) bond motifs is 1. The summed E-state index contributed by atoms with van der Waals surface area (Å²) >= 11 is 0. The number of aliphatic carboxylic acids is 1. The van der Waals surface area contributed by atoms with Crippen LogP contribution in [0.4, 0.5) is 29.3 Å². The molecule has 1 aromatic carbocycles. The van der Waals surface area contributed by atoms with Crippen LogP contribution >= 0.6 is 0 Å². The minimum Gasteiger partial charge on any atom is -0.481 e. The molecule has 0 aliphatic heterocycles. The summed E-state index contributed by atoms with van der Waals surface area (Å²) in [6.07, 6.45) is -1.77. The maximum atomic E-state index is 12.5. The Morgan fingerprint density at radius 3 is 2.48 bits per heavy atom. The summed E-state index contributed by atoms with van der Waals surface area (Å²) in [5.74, 6) is -1.01. The third kappa shape index (κ3) is 4.35. The summed E-state index contributed by atoms with van der Waals surface area (Å²) in [4.78, 5) is 29.8. The second-order valence-corrected chi connectivity index (χ2v) is 5.67. The van der Waals surface area contributed by atoms with Gasteiger partial charge in [-0.2, -0.15) is 13.2 Å². The number of nitrogens with one attached hydrogen (secondary N) is 3. The van der Waals surface area contributed by atoms with Crippen LogP contribution in [0, 0.1) is 0 Å². The topological polar surface area (TPSA) is 107 Å². The number of carboxylic acid groups (broad SMARTS) is 1. The first-order chi connectivity index (χ1) is 12.7. The molecule has 2 amide bonds. The molecule has 0 saturated carbocycles. The molecule has 0 aliphatic rings. The lowest BCUT2D eigenvalue weighted by molar-refractivity contribution is -0.138. The van der Waals surface area contributed by atoms with Gasteiger partial charge in [-0.1, -0.05) is 0 Å². The minimum atomic E-state index is -4.45. The molecule has 0 aliphatic carbocycles. The summed E-state index contributed by atoms with van der Waals surface area (Å²) in [6.45, 7) is 0. The average molecular weight is 378 g/mol. The number of carbonyl (C=O) groups is 2. The molecule has 3 rings (SSSR count). The van der Waals surface area contributed by atoms with E-state index >= 15 is 0 Å². The van der Waals surface area contributed by atoms with Crippen LogP contribution in [-0.4, -0.2) is 27.1 Å².